The number of amides is 1. The molecule has 1 aromatic carbocycles. The van der Waals surface area contributed by atoms with Crippen LogP contribution in [0.2, 0.25) is 0 Å². The highest BCUT2D eigenvalue weighted by Gasteiger charge is 2.35. The lowest BCUT2D eigenvalue weighted by Crippen LogP contribution is -2.35. The van der Waals surface area contributed by atoms with E-state index in [1.165, 1.54) is 16.8 Å². The molecule has 1 saturated carbocycles. The number of nitrogens with zero attached hydrogens (tertiary/aromatic N) is 4. The minimum absolute atomic E-state index is 0.282. The third kappa shape index (κ3) is 4.40. The van der Waals surface area contributed by atoms with Crippen LogP contribution >= 0.6 is 0 Å². The number of aryl methyl sites for hydroxylation is 1. The molecule has 0 saturated heterocycles. The van der Waals surface area contributed by atoms with Gasteiger partial charge in [-0.05, 0) is 44.4 Å². The molecule has 1 aromatic heterocycles. The Morgan fingerprint density at radius 1 is 1.24 bits per heavy atom. The number of hydrogen-bond donors (Lipinski definition) is 0. The summed E-state index contributed by atoms with van der Waals surface area (Å²) in [6, 6.07) is 9.01. The molecule has 5 nitrogen and oxygen atoms in total. The molecule has 0 unspecified atom stereocenters. The van der Waals surface area contributed by atoms with Gasteiger partial charge in [0.05, 0.1) is 23.6 Å². The summed E-state index contributed by atoms with van der Waals surface area (Å²) in [5.74, 6) is 0.669. The summed E-state index contributed by atoms with van der Waals surface area (Å²) >= 11 is 0. The van der Waals surface area contributed by atoms with Gasteiger partial charge < -0.3 is 4.90 Å². The Morgan fingerprint density at radius 3 is 2.59 bits per heavy atom. The number of benzene rings is 1. The summed E-state index contributed by atoms with van der Waals surface area (Å²) < 4.78 is 2.13. The molecule has 0 radical (unpaired) electrons. The van der Waals surface area contributed by atoms with E-state index in [9.17, 15) is 4.79 Å². The molecule has 0 atom stereocenters. The maximum Gasteiger partial charge on any atom is 0.223 e. The molecule has 2 aromatic rings. The molecule has 1 fully saturated rings. The van der Waals surface area contributed by atoms with Crippen molar-refractivity contribution in [1.82, 2.24) is 19.6 Å². The molecule has 2 heterocycles. The zero-order chi connectivity index (χ0) is 20.5. The Balaban J connectivity index is 1.68. The first-order valence-corrected chi connectivity index (χ1v) is 11.1. The maximum atomic E-state index is 12.9. The molecule has 0 spiro atoms. The fourth-order valence-electron chi connectivity index (χ4n) is 4.27. The van der Waals surface area contributed by atoms with Crippen molar-refractivity contribution in [3.05, 3.63) is 46.8 Å². The zero-order valence-electron chi connectivity index (χ0n) is 18.3. The largest absolute Gasteiger partial charge is 0.334 e. The van der Waals surface area contributed by atoms with Crippen LogP contribution < -0.4 is 0 Å². The maximum absolute atomic E-state index is 12.9. The van der Waals surface area contributed by atoms with E-state index in [0.29, 0.717) is 24.9 Å². The van der Waals surface area contributed by atoms with E-state index >= 15 is 0 Å². The zero-order valence-corrected chi connectivity index (χ0v) is 18.3. The summed E-state index contributed by atoms with van der Waals surface area (Å²) in [6.07, 6.45) is 3.89. The van der Waals surface area contributed by atoms with Crippen LogP contribution in [0.25, 0.3) is 5.69 Å². The van der Waals surface area contributed by atoms with Crippen LogP contribution in [0, 0.1) is 12.8 Å². The van der Waals surface area contributed by atoms with Gasteiger partial charge in [0.2, 0.25) is 5.91 Å². The van der Waals surface area contributed by atoms with E-state index in [-0.39, 0.29) is 5.91 Å². The van der Waals surface area contributed by atoms with Crippen LogP contribution in [0.1, 0.15) is 62.5 Å². The second kappa shape index (κ2) is 8.31. The highest BCUT2D eigenvalue weighted by molar-refractivity contribution is 5.77. The van der Waals surface area contributed by atoms with Crippen LogP contribution in [0.5, 0.6) is 0 Å². The van der Waals surface area contributed by atoms with Gasteiger partial charge in [0.25, 0.3) is 0 Å². The Bertz CT molecular complexity index is 864. The second-order valence-electron chi connectivity index (χ2n) is 9.09. The summed E-state index contributed by atoms with van der Waals surface area (Å²) in [4.78, 5) is 17.5. The van der Waals surface area contributed by atoms with Gasteiger partial charge in [-0.1, -0.05) is 38.5 Å². The van der Waals surface area contributed by atoms with Gasteiger partial charge in [-0.2, -0.15) is 5.10 Å². The van der Waals surface area contributed by atoms with Gasteiger partial charge in [0.1, 0.15) is 0 Å². The molecule has 156 valence electrons. The van der Waals surface area contributed by atoms with Crippen LogP contribution in [-0.4, -0.2) is 44.6 Å². The quantitative estimate of drug-likeness (QED) is 0.710. The number of rotatable bonds is 7. The van der Waals surface area contributed by atoms with Crippen molar-refractivity contribution < 1.29 is 4.79 Å². The monoisotopic (exact) mass is 394 g/mol. The lowest BCUT2D eigenvalue weighted by atomic mass is 10.0. The number of carbonyl (C=O) groups excluding carboxylic acids is 1. The van der Waals surface area contributed by atoms with Crippen molar-refractivity contribution in [2.24, 2.45) is 5.92 Å². The number of likely N-dealkylation sites (N-methyl/N-ethyl adjacent to an activating group) is 1. The Kier molecular flexibility index (Phi) is 5.77. The van der Waals surface area contributed by atoms with Crippen molar-refractivity contribution in [2.45, 2.75) is 72.5 Å². The Labute approximate surface area is 174 Å². The average Bonchev–Trinajstić information content (AvgIpc) is 3.47. The van der Waals surface area contributed by atoms with Gasteiger partial charge >= 0.3 is 0 Å². The van der Waals surface area contributed by atoms with Gasteiger partial charge in [-0.15, -0.1) is 0 Å². The first-order valence-electron chi connectivity index (χ1n) is 11.1. The van der Waals surface area contributed by atoms with E-state index in [1.807, 2.05) is 0 Å². The second-order valence-corrected chi connectivity index (χ2v) is 9.09. The van der Waals surface area contributed by atoms with Crippen molar-refractivity contribution in [3.63, 3.8) is 0 Å². The highest BCUT2D eigenvalue weighted by atomic mass is 16.2. The first-order chi connectivity index (χ1) is 14.0. The van der Waals surface area contributed by atoms with E-state index < -0.39 is 0 Å². The van der Waals surface area contributed by atoms with E-state index in [0.717, 1.165) is 50.3 Å². The fourth-order valence-corrected chi connectivity index (χ4v) is 4.27. The van der Waals surface area contributed by atoms with Gasteiger partial charge in [-0.25, -0.2) is 4.68 Å². The predicted octanol–water partition coefficient (Wildman–Crippen LogP) is 4.10. The predicted molar refractivity (Wildman–Crippen MR) is 116 cm³/mol. The molecule has 0 N–H and O–H groups in total. The van der Waals surface area contributed by atoms with Crippen LogP contribution in [0.3, 0.4) is 0 Å². The lowest BCUT2D eigenvalue weighted by Gasteiger charge is -2.27. The van der Waals surface area contributed by atoms with E-state index in [2.05, 4.69) is 66.4 Å². The normalized spacial score (nSPS) is 16.9. The average molecular weight is 395 g/mol. The summed E-state index contributed by atoms with van der Waals surface area (Å²) in [6.45, 7) is 12.3. The molecule has 1 aliphatic heterocycles. The van der Waals surface area contributed by atoms with Crippen LogP contribution in [-0.2, 0) is 24.3 Å². The SMILES string of the molecule is CCN1CCc2c(c(CN(C(=O)CC(C)C)C3CC3)nn2-c2ccc(C)cc2)C1. The molecule has 5 heteroatoms. The summed E-state index contributed by atoms with van der Waals surface area (Å²) in [5.41, 5.74) is 6.12. The Hall–Kier alpha value is -2.14. The van der Waals surface area contributed by atoms with Crippen LogP contribution in [0.4, 0.5) is 0 Å². The lowest BCUT2D eigenvalue weighted by molar-refractivity contribution is -0.133. The minimum atomic E-state index is 0.282. The van der Waals surface area contributed by atoms with Gasteiger partial charge in [-0.3, -0.25) is 9.69 Å². The first kappa shape index (κ1) is 20.1. The molecule has 29 heavy (non-hydrogen) atoms. The van der Waals surface area contributed by atoms with Crippen molar-refractivity contribution in [2.75, 3.05) is 13.1 Å². The van der Waals surface area contributed by atoms with E-state index in [1.54, 1.807) is 0 Å². The number of carbonyl (C=O) groups is 1. The van der Waals surface area contributed by atoms with Crippen molar-refractivity contribution in [1.29, 1.82) is 0 Å². The topological polar surface area (TPSA) is 41.4 Å². The third-order valence-corrected chi connectivity index (χ3v) is 6.16. The molecule has 0 bridgehead atoms. The fraction of sp³-hybridized carbons (Fsp3) is 0.583. The van der Waals surface area contributed by atoms with E-state index in [4.69, 9.17) is 5.10 Å². The molecular formula is C24H34N4O. The van der Waals surface area contributed by atoms with Crippen molar-refractivity contribution in [3.8, 4) is 5.69 Å². The van der Waals surface area contributed by atoms with Crippen molar-refractivity contribution >= 4 is 5.91 Å². The third-order valence-electron chi connectivity index (χ3n) is 6.16. The number of fused-ring (bicyclic) bond motifs is 1. The van der Waals surface area contributed by atoms with Gasteiger partial charge in [0.15, 0.2) is 0 Å². The Morgan fingerprint density at radius 2 is 1.97 bits per heavy atom. The number of aromatic nitrogens is 2. The smallest absolute Gasteiger partial charge is 0.223 e. The minimum Gasteiger partial charge on any atom is -0.334 e. The summed E-state index contributed by atoms with van der Waals surface area (Å²) in [5, 5.41) is 5.07. The number of hydrogen-bond acceptors (Lipinski definition) is 3. The molecular weight excluding hydrogens is 360 g/mol. The summed E-state index contributed by atoms with van der Waals surface area (Å²) in [7, 11) is 0. The highest BCUT2D eigenvalue weighted by Crippen LogP contribution is 2.32. The molecule has 1 amide bonds. The van der Waals surface area contributed by atoms with Gasteiger partial charge in [0, 0.05) is 37.5 Å². The van der Waals surface area contributed by atoms with Crippen LogP contribution in [0.15, 0.2) is 24.3 Å². The molecule has 1 aliphatic carbocycles. The molecule has 4 rings (SSSR count). The molecule has 2 aliphatic rings. The standard InChI is InChI=1S/C24H34N4O/c1-5-26-13-12-23-21(15-26)22(25-28(23)20-8-6-18(4)7-9-20)16-27(19-10-11-19)24(29)14-17(2)3/h6-9,17,19H,5,10-16H2,1-4H3.